The number of hydrogen-bond acceptors (Lipinski definition) is 5. The van der Waals surface area contributed by atoms with Crippen LogP contribution in [-0.2, 0) is 4.74 Å². The van der Waals surface area contributed by atoms with Gasteiger partial charge in [0.2, 0.25) is 0 Å². The summed E-state index contributed by atoms with van der Waals surface area (Å²) >= 11 is 0. The average Bonchev–Trinajstić information content (AvgIpc) is 2.62. The zero-order valence-corrected chi connectivity index (χ0v) is 13.4. The third-order valence-electron chi connectivity index (χ3n) is 3.29. The van der Waals surface area contributed by atoms with Crippen molar-refractivity contribution < 1.29 is 28.2 Å². The standard InChI is InChI=1S/C17H16FNO5/c1-22-11-5-6-12(15(9-11)23-2)16(20)19-14-8-10(17(21)24-3)4-7-13(14)18/h4-9H,1-3H3,(H,19,20). The number of nitrogens with one attached hydrogen (secondary N) is 1. The Bertz CT molecular complexity index is 776. The number of esters is 1. The van der Waals surface area contributed by atoms with Crippen LogP contribution in [0.15, 0.2) is 36.4 Å². The Morgan fingerprint density at radius 2 is 1.75 bits per heavy atom. The van der Waals surface area contributed by atoms with Gasteiger partial charge in [-0.3, -0.25) is 4.79 Å². The molecule has 0 radical (unpaired) electrons. The first-order valence-corrected chi connectivity index (χ1v) is 6.91. The third kappa shape index (κ3) is 3.62. The Balaban J connectivity index is 2.31. The van der Waals surface area contributed by atoms with Crippen LogP contribution in [0.2, 0.25) is 0 Å². The second-order valence-electron chi connectivity index (χ2n) is 4.71. The van der Waals surface area contributed by atoms with E-state index in [9.17, 15) is 14.0 Å². The van der Waals surface area contributed by atoms with Crippen LogP contribution in [0.25, 0.3) is 0 Å². The molecule has 0 saturated carbocycles. The van der Waals surface area contributed by atoms with E-state index in [1.807, 2.05) is 0 Å². The fourth-order valence-electron chi connectivity index (χ4n) is 2.04. The summed E-state index contributed by atoms with van der Waals surface area (Å²) in [5.41, 5.74) is 0.179. The molecule has 2 aromatic carbocycles. The largest absolute Gasteiger partial charge is 0.497 e. The first-order chi connectivity index (χ1) is 11.5. The third-order valence-corrected chi connectivity index (χ3v) is 3.29. The summed E-state index contributed by atoms with van der Waals surface area (Å²) in [5, 5.41) is 2.42. The molecule has 0 aliphatic rings. The molecule has 0 bridgehead atoms. The highest BCUT2D eigenvalue weighted by Gasteiger charge is 2.17. The Labute approximate surface area is 138 Å². The highest BCUT2D eigenvalue weighted by molar-refractivity contribution is 6.06. The van der Waals surface area contributed by atoms with Crippen molar-refractivity contribution in [2.24, 2.45) is 0 Å². The SMILES string of the molecule is COC(=O)c1ccc(F)c(NC(=O)c2ccc(OC)cc2OC)c1. The molecule has 6 nitrogen and oxygen atoms in total. The lowest BCUT2D eigenvalue weighted by molar-refractivity contribution is 0.0600. The van der Waals surface area contributed by atoms with Gasteiger partial charge in [0.05, 0.1) is 38.1 Å². The van der Waals surface area contributed by atoms with E-state index in [4.69, 9.17) is 9.47 Å². The molecule has 0 aliphatic carbocycles. The molecule has 2 rings (SSSR count). The first kappa shape index (κ1) is 17.3. The summed E-state index contributed by atoms with van der Waals surface area (Å²) in [6, 6.07) is 8.16. The highest BCUT2D eigenvalue weighted by Crippen LogP contribution is 2.26. The summed E-state index contributed by atoms with van der Waals surface area (Å²) < 4.78 is 28.7. The second kappa shape index (κ2) is 7.45. The maximum atomic E-state index is 13.9. The molecule has 0 spiro atoms. The maximum absolute atomic E-state index is 13.9. The second-order valence-corrected chi connectivity index (χ2v) is 4.71. The molecule has 0 aliphatic heterocycles. The van der Waals surface area contributed by atoms with Crippen LogP contribution < -0.4 is 14.8 Å². The molecule has 0 saturated heterocycles. The van der Waals surface area contributed by atoms with Gasteiger partial charge in [-0.2, -0.15) is 0 Å². The predicted molar refractivity (Wildman–Crippen MR) is 85.2 cm³/mol. The van der Waals surface area contributed by atoms with Crippen molar-refractivity contribution in [2.45, 2.75) is 0 Å². The molecular weight excluding hydrogens is 317 g/mol. The number of ether oxygens (including phenoxy) is 3. The van der Waals surface area contributed by atoms with E-state index in [-0.39, 0.29) is 22.6 Å². The van der Waals surface area contributed by atoms with E-state index < -0.39 is 17.7 Å². The number of carbonyl (C=O) groups is 2. The lowest BCUT2D eigenvalue weighted by Crippen LogP contribution is -2.15. The van der Waals surface area contributed by atoms with Crippen LogP contribution in [0.3, 0.4) is 0 Å². The number of hydrogen-bond donors (Lipinski definition) is 1. The molecule has 7 heteroatoms. The Morgan fingerprint density at radius 1 is 1.00 bits per heavy atom. The van der Waals surface area contributed by atoms with Gasteiger partial charge in [-0.25, -0.2) is 9.18 Å². The van der Waals surface area contributed by atoms with Crippen molar-refractivity contribution in [2.75, 3.05) is 26.6 Å². The monoisotopic (exact) mass is 333 g/mol. The molecular formula is C17H16FNO5. The van der Waals surface area contributed by atoms with Gasteiger partial charge in [-0.15, -0.1) is 0 Å². The normalized spacial score (nSPS) is 10.0. The average molecular weight is 333 g/mol. The van der Waals surface area contributed by atoms with Gasteiger partial charge in [-0.1, -0.05) is 0 Å². The summed E-state index contributed by atoms with van der Waals surface area (Å²) in [4.78, 5) is 23.9. The zero-order chi connectivity index (χ0) is 17.7. The lowest BCUT2D eigenvalue weighted by atomic mass is 10.1. The zero-order valence-electron chi connectivity index (χ0n) is 13.4. The predicted octanol–water partition coefficient (Wildman–Crippen LogP) is 2.88. The highest BCUT2D eigenvalue weighted by atomic mass is 19.1. The Kier molecular flexibility index (Phi) is 5.36. The van der Waals surface area contributed by atoms with E-state index in [0.717, 1.165) is 6.07 Å². The molecule has 0 fully saturated rings. The van der Waals surface area contributed by atoms with Crippen molar-refractivity contribution in [3.63, 3.8) is 0 Å². The molecule has 126 valence electrons. The minimum absolute atomic E-state index is 0.121. The fourth-order valence-corrected chi connectivity index (χ4v) is 2.04. The summed E-state index contributed by atoms with van der Waals surface area (Å²) in [7, 11) is 4.11. The molecule has 2 aromatic rings. The number of rotatable bonds is 5. The van der Waals surface area contributed by atoms with Crippen LogP contribution in [0, 0.1) is 5.82 Å². The Hall–Kier alpha value is -3.09. The molecule has 0 aromatic heterocycles. The van der Waals surface area contributed by atoms with E-state index in [1.165, 1.54) is 45.6 Å². The van der Waals surface area contributed by atoms with Crippen LogP contribution in [0.4, 0.5) is 10.1 Å². The van der Waals surface area contributed by atoms with Crippen molar-refractivity contribution in [3.8, 4) is 11.5 Å². The number of anilines is 1. The molecule has 0 heterocycles. The first-order valence-electron chi connectivity index (χ1n) is 6.91. The van der Waals surface area contributed by atoms with E-state index in [2.05, 4.69) is 10.1 Å². The van der Waals surface area contributed by atoms with Crippen molar-refractivity contribution in [1.82, 2.24) is 0 Å². The molecule has 24 heavy (non-hydrogen) atoms. The van der Waals surface area contributed by atoms with Gasteiger partial charge in [0.15, 0.2) is 0 Å². The van der Waals surface area contributed by atoms with Crippen molar-refractivity contribution >= 4 is 17.6 Å². The summed E-state index contributed by atoms with van der Waals surface area (Å²) in [5.74, 6) is -1.11. The van der Waals surface area contributed by atoms with Crippen molar-refractivity contribution in [1.29, 1.82) is 0 Å². The topological polar surface area (TPSA) is 73.9 Å². The number of carbonyl (C=O) groups excluding carboxylic acids is 2. The molecule has 1 amide bonds. The molecule has 0 unspecified atom stereocenters. The van der Waals surface area contributed by atoms with E-state index in [0.29, 0.717) is 5.75 Å². The van der Waals surface area contributed by atoms with Crippen LogP contribution in [0.1, 0.15) is 20.7 Å². The van der Waals surface area contributed by atoms with Crippen molar-refractivity contribution in [3.05, 3.63) is 53.3 Å². The lowest BCUT2D eigenvalue weighted by Gasteiger charge is -2.12. The van der Waals surface area contributed by atoms with Gasteiger partial charge in [0, 0.05) is 6.07 Å². The molecule has 1 N–H and O–H groups in total. The van der Waals surface area contributed by atoms with Crippen LogP contribution >= 0.6 is 0 Å². The minimum atomic E-state index is -0.677. The number of methoxy groups -OCH3 is 3. The van der Waals surface area contributed by atoms with E-state index >= 15 is 0 Å². The van der Waals surface area contributed by atoms with E-state index in [1.54, 1.807) is 6.07 Å². The quantitative estimate of drug-likeness (QED) is 0.852. The summed E-state index contributed by atoms with van der Waals surface area (Å²) in [6.45, 7) is 0. The summed E-state index contributed by atoms with van der Waals surface area (Å²) in [6.07, 6.45) is 0. The molecule has 0 atom stereocenters. The number of amides is 1. The number of halogens is 1. The van der Waals surface area contributed by atoms with Gasteiger partial charge >= 0.3 is 5.97 Å². The maximum Gasteiger partial charge on any atom is 0.337 e. The van der Waals surface area contributed by atoms with Gasteiger partial charge in [0.1, 0.15) is 17.3 Å². The fraction of sp³-hybridized carbons (Fsp3) is 0.176. The Morgan fingerprint density at radius 3 is 2.38 bits per heavy atom. The van der Waals surface area contributed by atoms with Gasteiger partial charge in [-0.05, 0) is 30.3 Å². The van der Waals surface area contributed by atoms with Crippen LogP contribution in [-0.4, -0.2) is 33.2 Å². The van der Waals surface area contributed by atoms with Crippen LogP contribution in [0.5, 0.6) is 11.5 Å². The van der Waals surface area contributed by atoms with Gasteiger partial charge in [0.25, 0.3) is 5.91 Å². The smallest absolute Gasteiger partial charge is 0.337 e. The number of benzene rings is 2. The van der Waals surface area contributed by atoms with Gasteiger partial charge < -0.3 is 19.5 Å². The minimum Gasteiger partial charge on any atom is -0.497 e.